The first-order chi connectivity index (χ1) is 13.6. The molecule has 2 aromatic rings. The predicted octanol–water partition coefficient (Wildman–Crippen LogP) is 2.22. The number of rotatable bonds is 7. The highest BCUT2D eigenvalue weighted by molar-refractivity contribution is 5.95. The number of nitrogens with one attached hydrogen (secondary N) is 1. The minimum absolute atomic E-state index is 0.00644. The molecule has 0 saturated carbocycles. The molecule has 2 amide bonds. The number of amides is 2. The molecule has 0 saturated heterocycles. The summed E-state index contributed by atoms with van der Waals surface area (Å²) >= 11 is 0. The normalized spacial score (nSPS) is 13.0. The zero-order chi connectivity index (χ0) is 19.9. The van der Waals surface area contributed by atoms with E-state index in [-0.39, 0.29) is 25.0 Å². The van der Waals surface area contributed by atoms with E-state index in [1.54, 1.807) is 14.1 Å². The number of hydrogen-bond donors (Lipinski definition) is 1. The van der Waals surface area contributed by atoms with Crippen molar-refractivity contribution in [1.82, 2.24) is 10.2 Å². The Kier molecular flexibility index (Phi) is 6.66. The molecule has 0 spiro atoms. The second kappa shape index (κ2) is 9.37. The Labute approximate surface area is 166 Å². The Morgan fingerprint density at radius 1 is 1.11 bits per heavy atom. The molecule has 148 valence electrons. The van der Waals surface area contributed by atoms with Crippen LogP contribution in [0.15, 0.2) is 48.5 Å². The molecule has 1 aliphatic heterocycles. The molecular formula is C22H27N3O3. The maximum atomic E-state index is 12.7. The van der Waals surface area contributed by atoms with E-state index < -0.39 is 0 Å². The van der Waals surface area contributed by atoms with Crippen molar-refractivity contribution >= 4 is 17.5 Å². The van der Waals surface area contributed by atoms with Gasteiger partial charge in [-0.1, -0.05) is 36.4 Å². The molecule has 0 aliphatic carbocycles. The molecule has 28 heavy (non-hydrogen) atoms. The smallest absolute Gasteiger partial charge is 0.259 e. The predicted molar refractivity (Wildman–Crippen MR) is 109 cm³/mol. The molecule has 0 unspecified atom stereocenters. The second-order valence-corrected chi connectivity index (χ2v) is 7.07. The van der Waals surface area contributed by atoms with Crippen LogP contribution in [-0.2, 0) is 22.6 Å². The van der Waals surface area contributed by atoms with Gasteiger partial charge in [-0.15, -0.1) is 0 Å². The van der Waals surface area contributed by atoms with Crippen molar-refractivity contribution in [3.05, 3.63) is 59.7 Å². The molecule has 1 heterocycles. The molecule has 6 heteroatoms. The summed E-state index contributed by atoms with van der Waals surface area (Å²) in [4.78, 5) is 27.8. The first kappa shape index (κ1) is 19.9. The third-order valence-electron chi connectivity index (χ3n) is 4.83. The molecule has 1 N–H and O–H groups in total. The van der Waals surface area contributed by atoms with Crippen molar-refractivity contribution in [2.45, 2.75) is 19.4 Å². The highest BCUT2D eigenvalue weighted by Gasteiger charge is 2.21. The van der Waals surface area contributed by atoms with Gasteiger partial charge in [0.15, 0.2) is 6.61 Å². The van der Waals surface area contributed by atoms with Gasteiger partial charge in [0.1, 0.15) is 5.75 Å². The summed E-state index contributed by atoms with van der Waals surface area (Å²) in [6, 6.07) is 15.6. The summed E-state index contributed by atoms with van der Waals surface area (Å²) in [5.74, 6) is 0.621. The minimum atomic E-state index is -0.0956. The number of hydrogen-bond acceptors (Lipinski definition) is 4. The van der Waals surface area contributed by atoms with Gasteiger partial charge in [-0.2, -0.15) is 0 Å². The van der Waals surface area contributed by atoms with Gasteiger partial charge in [0.2, 0.25) is 5.91 Å². The highest BCUT2D eigenvalue weighted by atomic mass is 16.5. The van der Waals surface area contributed by atoms with Crippen LogP contribution in [0.3, 0.4) is 0 Å². The van der Waals surface area contributed by atoms with Crippen molar-refractivity contribution in [3.8, 4) is 5.75 Å². The Balaban J connectivity index is 1.56. The number of carbonyl (C=O) groups is 2. The van der Waals surface area contributed by atoms with Crippen molar-refractivity contribution in [3.63, 3.8) is 0 Å². The molecule has 3 rings (SSSR count). The molecule has 0 radical (unpaired) electrons. The summed E-state index contributed by atoms with van der Waals surface area (Å²) in [7, 11) is 3.40. The first-order valence-electron chi connectivity index (χ1n) is 9.56. The van der Waals surface area contributed by atoms with Crippen LogP contribution in [0.1, 0.15) is 17.5 Å². The van der Waals surface area contributed by atoms with Crippen LogP contribution < -0.4 is 15.0 Å². The number of ether oxygens (including phenoxy) is 1. The van der Waals surface area contributed by atoms with Gasteiger partial charge in [-0.05, 0) is 30.5 Å². The van der Waals surface area contributed by atoms with Crippen molar-refractivity contribution in [1.29, 1.82) is 0 Å². The van der Waals surface area contributed by atoms with Gasteiger partial charge in [-0.25, -0.2) is 0 Å². The number of fused-ring (bicyclic) bond motifs is 1. The fraction of sp³-hybridized carbons (Fsp3) is 0.364. The van der Waals surface area contributed by atoms with Gasteiger partial charge in [0.25, 0.3) is 5.91 Å². The molecule has 6 nitrogen and oxygen atoms in total. The van der Waals surface area contributed by atoms with Crippen LogP contribution in [0, 0.1) is 0 Å². The third-order valence-corrected chi connectivity index (χ3v) is 4.83. The van der Waals surface area contributed by atoms with Crippen LogP contribution in [0.4, 0.5) is 5.69 Å². The van der Waals surface area contributed by atoms with Gasteiger partial charge >= 0.3 is 0 Å². The fourth-order valence-corrected chi connectivity index (χ4v) is 3.25. The van der Waals surface area contributed by atoms with Crippen molar-refractivity contribution < 1.29 is 14.3 Å². The minimum Gasteiger partial charge on any atom is -0.483 e. The van der Waals surface area contributed by atoms with Gasteiger partial charge in [-0.3, -0.25) is 9.59 Å². The molecule has 0 aromatic heterocycles. The lowest BCUT2D eigenvalue weighted by Gasteiger charge is -2.29. The van der Waals surface area contributed by atoms with Crippen LogP contribution >= 0.6 is 0 Å². The van der Waals surface area contributed by atoms with E-state index in [0.29, 0.717) is 12.3 Å². The van der Waals surface area contributed by atoms with Crippen LogP contribution in [0.25, 0.3) is 0 Å². The van der Waals surface area contributed by atoms with E-state index in [1.165, 1.54) is 10.5 Å². The molecule has 1 aliphatic rings. The number of nitrogens with zero attached hydrogens (tertiary/aromatic N) is 2. The molecule has 0 bridgehead atoms. The van der Waals surface area contributed by atoms with Crippen molar-refractivity contribution in [2.24, 2.45) is 0 Å². The number of para-hydroxylation sites is 2. The van der Waals surface area contributed by atoms with E-state index in [0.717, 1.165) is 30.6 Å². The topological polar surface area (TPSA) is 61.9 Å². The number of carbonyl (C=O) groups excluding carboxylic acids is 2. The van der Waals surface area contributed by atoms with Crippen LogP contribution in [0.2, 0.25) is 0 Å². The highest BCUT2D eigenvalue weighted by Crippen LogP contribution is 2.26. The maximum absolute atomic E-state index is 12.7. The molecule has 0 atom stereocenters. The van der Waals surface area contributed by atoms with E-state index in [4.69, 9.17) is 4.74 Å². The number of likely N-dealkylation sites (N-methyl/N-ethyl adjacent to an activating group) is 1. The average Bonchev–Trinajstić information content (AvgIpc) is 2.72. The fourth-order valence-electron chi connectivity index (χ4n) is 3.25. The number of benzene rings is 2. The summed E-state index contributed by atoms with van der Waals surface area (Å²) in [6.45, 7) is 1.49. The summed E-state index contributed by atoms with van der Waals surface area (Å²) in [5.41, 5.74) is 3.17. The van der Waals surface area contributed by atoms with E-state index in [1.807, 2.05) is 47.4 Å². The van der Waals surface area contributed by atoms with Gasteiger partial charge < -0.3 is 19.9 Å². The van der Waals surface area contributed by atoms with Crippen LogP contribution in [-0.4, -0.2) is 50.5 Å². The standard InChI is InChI=1S/C22H27N3O3/c1-24(2)22(27)16-28-20-12-6-4-9-18(20)14-23-15-21(26)25-13-7-10-17-8-3-5-11-19(17)25/h3-6,8-9,11-12,23H,7,10,13-16H2,1-2H3. The Morgan fingerprint density at radius 2 is 1.86 bits per heavy atom. The van der Waals surface area contributed by atoms with Gasteiger partial charge in [0.05, 0.1) is 6.54 Å². The Morgan fingerprint density at radius 3 is 2.68 bits per heavy atom. The third kappa shape index (κ3) is 4.89. The zero-order valence-corrected chi connectivity index (χ0v) is 16.5. The average molecular weight is 381 g/mol. The summed E-state index contributed by atoms with van der Waals surface area (Å²) in [5, 5.41) is 3.21. The monoisotopic (exact) mass is 381 g/mol. The molecule has 2 aromatic carbocycles. The lowest BCUT2D eigenvalue weighted by atomic mass is 10.0. The maximum Gasteiger partial charge on any atom is 0.259 e. The number of aryl methyl sites for hydroxylation is 1. The zero-order valence-electron chi connectivity index (χ0n) is 16.5. The number of anilines is 1. The summed E-state index contributed by atoms with van der Waals surface area (Å²) < 4.78 is 5.65. The SMILES string of the molecule is CN(C)C(=O)COc1ccccc1CNCC(=O)N1CCCc2ccccc21. The lowest BCUT2D eigenvalue weighted by molar-refractivity contribution is -0.130. The van der Waals surface area contributed by atoms with Crippen LogP contribution in [0.5, 0.6) is 5.75 Å². The lowest BCUT2D eigenvalue weighted by Crippen LogP contribution is -2.41. The van der Waals surface area contributed by atoms with E-state index >= 15 is 0 Å². The van der Waals surface area contributed by atoms with E-state index in [2.05, 4.69) is 11.4 Å². The largest absolute Gasteiger partial charge is 0.483 e. The Bertz CT molecular complexity index is 835. The quantitative estimate of drug-likeness (QED) is 0.799. The summed E-state index contributed by atoms with van der Waals surface area (Å²) in [6.07, 6.45) is 2.00. The van der Waals surface area contributed by atoms with E-state index in [9.17, 15) is 9.59 Å². The second-order valence-electron chi connectivity index (χ2n) is 7.07. The van der Waals surface area contributed by atoms with Crippen molar-refractivity contribution in [2.75, 3.05) is 38.7 Å². The van der Waals surface area contributed by atoms with Gasteiger partial charge in [0, 0.05) is 38.4 Å². The first-order valence-corrected chi connectivity index (χ1v) is 9.56. The Hall–Kier alpha value is -2.86. The molecular weight excluding hydrogens is 354 g/mol. The molecule has 0 fully saturated rings.